The molecule has 0 amide bonds. The second kappa shape index (κ2) is 5.57. The van der Waals surface area contributed by atoms with Crippen LogP contribution in [0.15, 0.2) is 17.2 Å². The summed E-state index contributed by atoms with van der Waals surface area (Å²) in [6.07, 6.45) is 1.52. The van der Waals surface area contributed by atoms with Crippen molar-refractivity contribution in [1.82, 2.24) is 9.91 Å². The molecule has 0 aromatic heterocycles. The topological polar surface area (TPSA) is 80.4 Å². The van der Waals surface area contributed by atoms with Crippen LogP contribution in [0.1, 0.15) is 5.56 Å². The van der Waals surface area contributed by atoms with Crippen molar-refractivity contribution in [2.45, 2.75) is 0 Å². The van der Waals surface area contributed by atoms with Crippen molar-refractivity contribution in [3.05, 3.63) is 27.8 Å². The minimum Gasteiger partial charge on any atom is -0.454 e. The number of hydrogen-bond acceptors (Lipinski definition) is 7. The maximum absolute atomic E-state index is 11.1. The van der Waals surface area contributed by atoms with Gasteiger partial charge in [0, 0.05) is 26.2 Å². The molecule has 21 heavy (non-hydrogen) atoms. The van der Waals surface area contributed by atoms with E-state index in [1.807, 2.05) is 5.01 Å². The average molecular weight is 292 g/mol. The van der Waals surface area contributed by atoms with Gasteiger partial charge < -0.3 is 14.4 Å². The van der Waals surface area contributed by atoms with E-state index in [-0.39, 0.29) is 12.5 Å². The Balaban J connectivity index is 1.82. The zero-order valence-electron chi connectivity index (χ0n) is 11.7. The van der Waals surface area contributed by atoms with Crippen molar-refractivity contribution in [3.63, 3.8) is 0 Å². The predicted molar refractivity (Wildman–Crippen MR) is 75.9 cm³/mol. The molecule has 0 aliphatic carbocycles. The fourth-order valence-electron chi connectivity index (χ4n) is 2.26. The lowest BCUT2D eigenvalue weighted by molar-refractivity contribution is -0.385. The molecule has 2 aliphatic heterocycles. The second-order valence-electron chi connectivity index (χ2n) is 5.02. The highest BCUT2D eigenvalue weighted by Gasteiger charge is 2.22. The number of hydrazone groups is 1. The maximum atomic E-state index is 11.1. The molecule has 112 valence electrons. The third-order valence-corrected chi connectivity index (χ3v) is 3.56. The SMILES string of the molecule is CN1CCN(/N=C/c2cc3c(cc2[N+](=O)[O-])OCO3)CC1. The third-order valence-electron chi connectivity index (χ3n) is 3.56. The van der Waals surface area contributed by atoms with Crippen LogP contribution < -0.4 is 9.47 Å². The minimum atomic E-state index is -0.437. The van der Waals surface area contributed by atoms with Crippen LogP contribution in [0.3, 0.4) is 0 Å². The second-order valence-corrected chi connectivity index (χ2v) is 5.02. The van der Waals surface area contributed by atoms with Gasteiger partial charge in [0.1, 0.15) is 0 Å². The summed E-state index contributed by atoms with van der Waals surface area (Å²) >= 11 is 0. The highest BCUT2D eigenvalue weighted by atomic mass is 16.7. The summed E-state index contributed by atoms with van der Waals surface area (Å²) in [7, 11) is 2.06. The summed E-state index contributed by atoms with van der Waals surface area (Å²) in [6, 6.07) is 2.98. The van der Waals surface area contributed by atoms with Gasteiger partial charge in [0.2, 0.25) is 6.79 Å². The fourth-order valence-corrected chi connectivity index (χ4v) is 2.26. The zero-order chi connectivity index (χ0) is 14.8. The van der Waals surface area contributed by atoms with Gasteiger partial charge in [0.15, 0.2) is 11.5 Å². The van der Waals surface area contributed by atoms with Crippen molar-refractivity contribution in [1.29, 1.82) is 0 Å². The van der Waals surface area contributed by atoms with Gasteiger partial charge in [-0.25, -0.2) is 0 Å². The lowest BCUT2D eigenvalue weighted by atomic mass is 10.1. The number of fused-ring (bicyclic) bond motifs is 1. The highest BCUT2D eigenvalue weighted by Crippen LogP contribution is 2.37. The Kier molecular flexibility index (Phi) is 3.61. The monoisotopic (exact) mass is 292 g/mol. The van der Waals surface area contributed by atoms with Crippen LogP contribution in [-0.2, 0) is 0 Å². The molecule has 0 N–H and O–H groups in total. The van der Waals surface area contributed by atoms with Gasteiger partial charge in [0.25, 0.3) is 5.69 Å². The van der Waals surface area contributed by atoms with E-state index < -0.39 is 4.92 Å². The standard InChI is InChI=1S/C13H16N4O4/c1-15-2-4-16(5-3-15)14-8-10-6-12-13(21-9-20-12)7-11(10)17(18)19/h6-8H,2-5,9H2,1H3/b14-8+. The van der Waals surface area contributed by atoms with E-state index in [1.165, 1.54) is 12.3 Å². The van der Waals surface area contributed by atoms with Crippen molar-refractivity contribution in [2.24, 2.45) is 5.10 Å². The molecular weight excluding hydrogens is 276 g/mol. The van der Waals surface area contributed by atoms with Crippen LogP contribution in [0, 0.1) is 10.1 Å². The highest BCUT2D eigenvalue weighted by molar-refractivity contribution is 5.87. The molecule has 0 bridgehead atoms. The summed E-state index contributed by atoms with van der Waals surface area (Å²) in [4.78, 5) is 12.9. The van der Waals surface area contributed by atoms with Gasteiger partial charge >= 0.3 is 0 Å². The number of piperazine rings is 1. The molecule has 1 aromatic rings. The number of nitro benzene ring substituents is 1. The molecule has 0 radical (unpaired) electrons. The van der Waals surface area contributed by atoms with Gasteiger partial charge in [-0.05, 0) is 13.1 Å². The summed E-state index contributed by atoms with van der Waals surface area (Å²) in [5.41, 5.74) is 0.389. The molecule has 2 aliphatic rings. The summed E-state index contributed by atoms with van der Waals surface area (Å²) in [6.45, 7) is 3.57. The van der Waals surface area contributed by atoms with E-state index in [0.717, 1.165) is 26.2 Å². The molecule has 0 unspecified atom stereocenters. The van der Waals surface area contributed by atoms with Gasteiger partial charge in [-0.3, -0.25) is 15.1 Å². The lowest BCUT2D eigenvalue weighted by Gasteiger charge is -2.30. The van der Waals surface area contributed by atoms with Crippen LogP contribution in [0.2, 0.25) is 0 Å². The largest absolute Gasteiger partial charge is 0.454 e. The lowest BCUT2D eigenvalue weighted by Crippen LogP contribution is -2.41. The molecule has 3 rings (SSSR count). The molecule has 0 spiro atoms. The molecule has 8 nitrogen and oxygen atoms in total. The fraction of sp³-hybridized carbons (Fsp3) is 0.462. The summed E-state index contributed by atoms with van der Waals surface area (Å²) in [5, 5.41) is 17.4. The molecule has 0 atom stereocenters. The van der Waals surface area contributed by atoms with Crippen LogP contribution in [0.4, 0.5) is 5.69 Å². The first-order chi connectivity index (χ1) is 10.1. The first-order valence-electron chi connectivity index (χ1n) is 6.69. The number of rotatable bonds is 3. The van der Waals surface area contributed by atoms with Crippen LogP contribution >= 0.6 is 0 Å². The first kappa shape index (κ1) is 13.6. The Hall–Kier alpha value is -2.35. The van der Waals surface area contributed by atoms with Crippen molar-refractivity contribution in [2.75, 3.05) is 40.0 Å². The quantitative estimate of drug-likeness (QED) is 0.468. The van der Waals surface area contributed by atoms with Crippen LogP contribution in [0.25, 0.3) is 0 Å². The maximum Gasteiger partial charge on any atom is 0.282 e. The molecule has 1 aromatic carbocycles. The number of nitrogens with zero attached hydrogens (tertiary/aromatic N) is 4. The van der Waals surface area contributed by atoms with Crippen LogP contribution in [-0.4, -0.2) is 61.1 Å². The number of nitro groups is 1. The van der Waals surface area contributed by atoms with Gasteiger partial charge in [-0.2, -0.15) is 5.10 Å². The number of benzene rings is 1. The molecule has 8 heteroatoms. The van der Waals surface area contributed by atoms with Crippen molar-refractivity contribution >= 4 is 11.9 Å². The summed E-state index contributed by atoms with van der Waals surface area (Å²) < 4.78 is 10.4. The van der Waals surface area contributed by atoms with Crippen LogP contribution in [0.5, 0.6) is 11.5 Å². The van der Waals surface area contributed by atoms with E-state index >= 15 is 0 Å². The minimum absolute atomic E-state index is 0.0304. The number of hydrogen-bond donors (Lipinski definition) is 0. The normalized spacial score (nSPS) is 18.4. The Morgan fingerprint density at radius 1 is 1.24 bits per heavy atom. The van der Waals surface area contributed by atoms with Gasteiger partial charge in [0.05, 0.1) is 22.8 Å². The van der Waals surface area contributed by atoms with E-state index in [1.54, 1.807) is 6.07 Å². The Bertz CT molecular complexity index is 582. The van der Waals surface area contributed by atoms with Crippen molar-refractivity contribution < 1.29 is 14.4 Å². The Morgan fingerprint density at radius 3 is 2.57 bits per heavy atom. The van der Waals surface area contributed by atoms with Gasteiger partial charge in [-0.1, -0.05) is 0 Å². The summed E-state index contributed by atoms with van der Waals surface area (Å²) in [5.74, 6) is 0.916. The Labute approximate surface area is 121 Å². The molecule has 0 saturated carbocycles. The molecule has 1 fully saturated rings. The van der Waals surface area contributed by atoms with Gasteiger partial charge in [-0.15, -0.1) is 0 Å². The molecule has 2 heterocycles. The van der Waals surface area contributed by atoms with E-state index in [2.05, 4.69) is 17.0 Å². The van der Waals surface area contributed by atoms with Crippen molar-refractivity contribution in [3.8, 4) is 11.5 Å². The number of ether oxygens (including phenoxy) is 2. The first-order valence-corrected chi connectivity index (χ1v) is 6.69. The molecular formula is C13H16N4O4. The van der Waals surface area contributed by atoms with E-state index in [9.17, 15) is 10.1 Å². The number of likely N-dealkylation sites (N-methyl/N-ethyl adjacent to an activating group) is 1. The van der Waals surface area contributed by atoms with E-state index in [4.69, 9.17) is 9.47 Å². The average Bonchev–Trinajstić information content (AvgIpc) is 2.92. The smallest absolute Gasteiger partial charge is 0.282 e. The molecule has 1 saturated heterocycles. The zero-order valence-corrected chi connectivity index (χ0v) is 11.7. The van der Waals surface area contributed by atoms with E-state index in [0.29, 0.717) is 17.1 Å². The third kappa shape index (κ3) is 2.89. The predicted octanol–water partition coefficient (Wildman–Crippen LogP) is 0.905. The Morgan fingerprint density at radius 2 is 1.90 bits per heavy atom.